The van der Waals surface area contributed by atoms with E-state index in [1.54, 1.807) is 0 Å². The lowest BCUT2D eigenvalue weighted by atomic mass is 9.93. The number of nitrogens with zero attached hydrogens (tertiary/aromatic N) is 1. The van der Waals surface area contributed by atoms with Crippen LogP contribution in [-0.4, -0.2) is 45.1 Å². The Morgan fingerprint density at radius 2 is 1.65 bits per heavy atom. The van der Waals surface area contributed by atoms with Gasteiger partial charge < -0.3 is 10.2 Å². The molecule has 1 saturated heterocycles. The molecule has 1 saturated carbocycles. The third-order valence-corrected chi connectivity index (χ3v) is 7.12. The summed E-state index contributed by atoms with van der Waals surface area (Å²) < 4.78 is 23.1. The fraction of sp³-hybridized carbons (Fsp3) is 0.458. The molecular weight excluding hydrogens is 428 g/mol. The van der Waals surface area contributed by atoms with Crippen molar-refractivity contribution in [1.82, 2.24) is 10.2 Å². The van der Waals surface area contributed by atoms with Crippen molar-refractivity contribution in [3.05, 3.63) is 71.3 Å². The summed E-state index contributed by atoms with van der Waals surface area (Å²) >= 11 is 0. The van der Waals surface area contributed by atoms with Gasteiger partial charge in [-0.15, -0.1) is 0 Å². The highest BCUT2D eigenvalue weighted by molar-refractivity contribution is 7.89. The van der Waals surface area contributed by atoms with Crippen molar-refractivity contribution in [2.45, 2.75) is 42.9 Å². The molecule has 0 radical (unpaired) electrons. The summed E-state index contributed by atoms with van der Waals surface area (Å²) in [6.45, 7) is 3.01. The maximum absolute atomic E-state index is 13.4. The Balaban J connectivity index is 0.00000272. The van der Waals surface area contributed by atoms with Gasteiger partial charge in [0.05, 0.1) is 17.2 Å². The lowest BCUT2D eigenvalue weighted by Gasteiger charge is -2.27. The molecule has 0 spiro atoms. The Hall–Kier alpha value is -1.83. The SMILES string of the molecule is CS(=O)(=O)Cc1ccc(C2(C(=O)N[C@H](CN3CCCC3)c3ccccc3)CC2)cc1.S. The lowest BCUT2D eigenvalue weighted by Crippen LogP contribution is -2.41. The summed E-state index contributed by atoms with van der Waals surface area (Å²) in [6.07, 6.45) is 5.34. The minimum absolute atomic E-state index is 0. The molecular formula is C24H32N2O3S2. The van der Waals surface area contributed by atoms with E-state index in [1.165, 1.54) is 19.1 Å². The average molecular weight is 461 g/mol. The Bertz CT molecular complexity index is 981. The highest BCUT2D eigenvalue weighted by Gasteiger charge is 2.51. The molecule has 1 N–H and O–H groups in total. The van der Waals surface area contributed by atoms with Crippen molar-refractivity contribution in [3.8, 4) is 0 Å². The van der Waals surface area contributed by atoms with Gasteiger partial charge in [0.25, 0.3) is 0 Å². The van der Waals surface area contributed by atoms with Crippen LogP contribution in [0.15, 0.2) is 54.6 Å². The monoisotopic (exact) mass is 460 g/mol. The molecule has 5 nitrogen and oxygen atoms in total. The third kappa shape index (κ3) is 5.90. The average Bonchev–Trinajstić information content (AvgIpc) is 3.37. The Morgan fingerprint density at radius 1 is 1.03 bits per heavy atom. The van der Waals surface area contributed by atoms with Crippen molar-refractivity contribution < 1.29 is 13.2 Å². The molecule has 1 amide bonds. The van der Waals surface area contributed by atoms with Gasteiger partial charge in [0.2, 0.25) is 5.91 Å². The lowest BCUT2D eigenvalue weighted by molar-refractivity contribution is -0.124. The Kier molecular flexibility index (Phi) is 7.50. The molecule has 31 heavy (non-hydrogen) atoms. The largest absolute Gasteiger partial charge is 0.347 e. The summed E-state index contributed by atoms with van der Waals surface area (Å²) in [5.41, 5.74) is 2.39. The first kappa shape index (κ1) is 23.8. The van der Waals surface area contributed by atoms with E-state index in [2.05, 4.69) is 22.3 Å². The number of carbonyl (C=O) groups is 1. The standard InChI is InChI=1S/C24H30N2O3S.H2S/c1-30(28,29)18-19-9-11-21(12-10-19)24(13-14-24)23(27)25-22(17-26-15-5-6-16-26)20-7-3-2-4-8-20;/h2-4,7-12,22H,5-6,13-18H2,1H3,(H,25,27);1H2/t22-;/m1./s1. The highest BCUT2D eigenvalue weighted by atomic mass is 32.2. The van der Waals surface area contributed by atoms with E-state index in [0.717, 1.165) is 49.2 Å². The fourth-order valence-corrected chi connectivity index (χ4v) is 5.23. The molecule has 1 aliphatic heterocycles. The summed E-state index contributed by atoms with van der Waals surface area (Å²) in [5.74, 6) is 0.102. The van der Waals surface area contributed by atoms with E-state index in [-0.39, 0.29) is 31.2 Å². The molecule has 1 heterocycles. The first-order chi connectivity index (χ1) is 14.4. The van der Waals surface area contributed by atoms with Crippen LogP contribution < -0.4 is 5.32 Å². The second kappa shape index (κ2) is 9.76. The number of sulfone groups is 1. The number of carbonyl (C=O) groups excluding carboxylic acids is 1. The van der Waals surface area contributed by atoms with Gasteiger partial charge in [0.1, 0.15) is 0 Å². The summed E-state index contributed by atoms with van der Waals surface area (Å²) in [4.78, 5) is 15.8. The van der Waals surface area contributed by atoms with Gasteiger partial charge in [0.15, 0.2) is 9.84 Å². The summed E-state index contributed by atoms with van der Waals surface area (Å²) in [5, 5.41) is 3.34. The van der Waals surface area contributed by atoms with E-state index in [1.807, 2.05) is 42.5 Å². The summed E-state index contributed by atoms with van der Waals surface area (Å²) in [6, 6.07) is 17.7. The molecule has 2 aromatic carbocycles. The minimum Gasteiger partial charge on any atom is -0.347 e. The van der Waals surface area contributed by atoms with E-state index in [4.69, 9.17) is 0 Å². The zero-order chi connectivity index (χ0) is 21.2. The fourth-order valence-electron chi connectivity index (χ4n) is 4.43. The van der Waals surface area contributed by atoms with Gasteiger partial charge in [-0.3, -0.25) is 4.79 Å². The van der Waals surface area contributed by atoms with Crippen molar-refractivity contribution >= 4 is 29.2 Å². The van der Waals surface area contributed by atoms with Gasteiger partial charge >= 0.3 is 0 Å². The number of likely N-dealkylation sites (tertiary alicyclic amines) is 1. The quantitative estimate of drug-likeness (QED) is 0.656. The molecule has 7 heteroatoms. The van der Waals surface area contributed by atoms with Crippen LogP contribution in [0.25, 0.3) is 0 Å². The van der Waals surface area contributed by atoms with Crippen molar-refractivity contribution in [2.24, 2.45) is 0 Å². The minimum atomic E-state index is -3.07. The highest BCUT2D eigenvalue weighted by Crippen LogP contribution is 2.48. The molecule has 2 fully saturated rings. The van der Waals surface area contributed by atoms with Gasteiger partial charge in [-0.25, -0.2) is 8.42 Å². The molecule has 168 valence electrons. The number of nitrogens with one attached hydrogen (secondary N) is 1. The maximum Gasteiger partial charge on any atom is 0.231 e. The normalized spacial score (nSPS) is 18.7. The van der Waals surface area contributed by atoms with Crippen LogP contribution in [0.4, 0.5) is 0 Å². The molecule has 2 aromatic rings. The van der Waals surface area contributed by atoms with E-state index >= 15 is 0 Å². The zero-order valence-electron chi connectivity index (χ0n) is 18.0. The van der Waals surface area contributed by atoms with E-state index in [9.17, 15) is 13.2 Å². The summed E-state index contributed by atoms with van der Waals surface area (Å²) in [7, 11) is -3.07. The first-order valence-electron chi connectivity index (χ1n) is 10.7. The predicted octanol–water partition coefficient (Wildman–Crippen LogP) is 3.33. The number of hydrogen-bond donors (Lipinski definition) is 1. The van der Waals surface area contributed by atoms with Crippen LogP contribution >= 0.6 is 13.5 Å². The Morgan fingerprint density at radius 3 is 2.19 bits per heavy atom. The van der Waals surface area contributed by atoms with Crippen LogP contribution in [0.3, 0.4) is 0 Å². The molecule has 0 unspecified atom stereocenters. The van der Waals surface area contributed by atoms with Crippen molar-refractivity contribution in [2.75, 3.05) is 25.9 Å². The molecule has 1 aliphatic carbocycles. The van der Waals surface area contributed by atoms with Crippen LogP contribution in [0, 0.1) is 0 Å². The topological polar surface area (TPSA) is 66.5 Å². The number of amides is 1. The van der Waals surface area contributed by atoms with Crippen LogP contribution in [0.1, 0.15) is 48.4 Å². The van der Waals surface area contributed by atoms with E-state index in [0.29, 0.717) is 0 Å². The molecule has 1 atom stereocenters. The van der Waals surface area contributed by atoms with Crippen LogP contribution in [0.2, 0.25) is 0 Å². The zero-order valence-corrected chi connectivity index (χ0v) is 19.8. The van der Waals surface area contributed by atoms with Gasteiger partial charge in [-0.1, -0.05) is 54.6 Å². The molecule has 4 rings (SSSR count). The number of rotatable bonds is 8. The first-order valence-corrected chi connectivity index (χ1v) is 12.8. The Labute approximate surface area is 192 Å². The van der Waals surface area contributed by atoms with Gasteiger partial charge in [0, 0.05) is 12.8 Å². The molecule has 2 aliphatic rings. The predicted molar refractivity (Wildman–Crippen MR) is 129 cm³/mol. The van der Waals surface area contributed by atoms with Crippen LogP contribution in [-0.2, 0) is 25.8 Å². The smallest absolute Gasteiger partial charge is 0.231 e. The van der Waals surface area contributed by atoms with E-state index < -0.39 is 15.3 Å². The second-order valence-corrected chi connectivity index (χ2v) is 10.9. The maximum atomic E-state index is 13.4. The van der Waals surface area contributed by atoms with Gasteiger partial charge in [-0.05, 0) is 55.5 Å². The number of benzene rings is 2. The molecule has 0 bridgehead atoms. The van der Waals surface area contributed by atoms with Crippen molar-refractivity contribution in [3.63, 3.8) is 0 Å². The number of hydrogen-bond acceptors (Lipinski definition) is 4. The van der Waals surface area contributed by atoms with Gasteiger partial charge in [-0.2, -0.15) is 13.5 Å². The van der Waals surface area contributed by atoms with Crippen LogP contribution in [0.5, 0.6) is 0 Å². The van der Waals surface area contributed by atoms with Crippen molar-refractivity contribution in [1.29, 1.82) is 0 Å². The third-order valence-electron chi connectivity index (χ3n) is 6.27. The molecule has 0 aromatic heterocycles. The second-order valence-electron chi connectivity index (χ2n) is 8.79.